The third-order valence-corrected chi connectivity index (χ3v) is 4.86. The van der Waals surface area contributed by atoms with Gasteiger partial charge in [-0.2, -0.15) is 5.01 Å². The van der Waals surface area contributed by atoms with Crippen molar-refractivity contribution in [3.8, 4) is 0 Å². The third kappa shape index (κ3) is 5.90. The van der Waals surface area contributed by atoms with Gasteiger partial charge in [-0.25, -0.2) is 10.3 Å². The summed E-state index contributed by atoms with van der Waals surface area (Å²) in [7, 11) is 1.45. The summed E-state index contributed by atoms with van der Waals surface area (Å²) < 4.78 is 0. The van der Waals surface area contributed by atoms with E-state index < -0.39 is 35.6 Å². The number of hydroxylamine groups is 1. The minimum absolute atomic E-state index is 0.0560. The Morgan fingerprint density at radius 2 is 1.80 bits per heavy atom. The fraction of sp³-hybridized carbons (Fsp3) is 0.429. The zero-order valence-electron chi connectivity index (χ0n) is 17.4. The largest absolute Gasteiger partial charge is 0.346 e. The van der Waals surface area contributed by atoms with Crippen LogP contribution in [0.4, 0.5) is 4.79 Å². The first kappa shape index (κ1) is 23.1. The first-order valence-corrected chi connectivity index (χ1v) is 9.78. The maximum atomic E-state index is 13.0. The molecular weight excluding hydrogens is 388 g/mol. The maximum Gasteiger partial charge on any atom is 0.346 e. The quantitative estimate of drug-likeness (QED) is 0.322. The molecule has 9 heteroatoms. The number of carbonyl (C=O) groups is 4. The molecule has 2 rings (SSSR count). The molecule has 30 heavy (non-hydrogen) atoms. The van der Waals surface area contributed by atoms with E-state index in [0.29, 0.717) is 11.4 Å². The minimum Gasteiger partial charge on any atom is -0.316 e. The van der Waals surface area contributed by atoms with E-state index in [1.54, 1.807) is 11.6 Å². The lowest BCUT2D eigenvalue weighted by atomic mass is 9.82. The molecule has 0 bridgehead atoms. The van der Waals surface area contributed by atoms with Crippen LogP contribution in [0.15, 0.2) is 36.4 Å². The van der Waals surface area contributed by atoms with Crippen molar-refractivity contribution < 1.29 is 24.4 Å². The maximum absolute atomic E-state index is 13.0. The van der Waals surface area contributed by atoms with Gasteiger partial charge in [-0.1, -0.05) is 56.3 Å². The number of likely N-dealkylation sites (N-methyl/N-ethyl adjacent to an activating group) is 1. The second-order valence-corrected chi connectivity index (χ2v) is 7.71. The zero-order chi connectivity index (χ0) is 22.3. The van der Waals surface area contributed by atoms with Crippen molar-refractivity contribution in [2.75, 3.05) is 13.6 Å². The van der Waals surface area contributed by atoms with Crippen LogP contribution >= 0.6 is 0 Å². The summed E-state index contributed by atoms with van der Waals surface area (Å²) in [4.78, 5) is 50.6. The molecule has 0 aromatic heterocycles. The second kappa shape index (κ2) is 10.5. The van der Waals surface area contributed by atoms with Gasteiger partial charge in [0.25, 0.3) is 5.91 Å². The fourth-order valence-electron chi connectivity index (χ4n) is 3.34. The van der Waals surface area contributed by atoms with Gasteiger partial charge < -0.3 is 4.90 Å². The first-order valence-electron chi connectivity index (χ1n) is 9.78. The van der Waals surface area contributed by atoms with Crippen molar-refractivity contribution in [3.05, 3.63) is 42.0 Å². The molecule has 1 aromatic carbocycles. The van der Waals surface area contributed by atoms with Crippen molar-refractivity contribution in [2.24, 2.45) is 17.8 Å². The van der Waals surface area contributed by atoms with Crippen LogP contribution in [0.5, 0.6) is 0 Å². The van der Waals surface area contributed by atoms with Crippen molar-refractivity contribution in [1.29, 1.82) is 0 Å². The Morgan fingerprint density at radius 3 is 2.33 bits per heavy atom. The molecule has 3 N–H and O–H groups in total. The van der Waals surface area contributed by atoms with Gasteiger partial charge in [-0.05, 0) is 24.3 Å². The average molecular weight is 416 g/mol. The highest BCUT2D eigenvalue weighted by Gasteiger charge is 2.39. The lowest BCUT2D eigenvalue weighted by molar-refractivity contribution is -0.144. The standard InChI is InChI=1S/C21H28N4O5/c1-14(2)12-17(19(27)22-25-18(26)13-24(3)21(25)29)16(20(28)23-30)11-7-10-15-8-5-4-6-9-15/h4-10,14,16-17,30H,11-13H2,1-3H3,(H,22,27)(H,23,28)/b10-7+/t16-,17+/m0/s1. The summed E-state index contributed by atoms with van der Waals surface area (Å²) in [6, 6.07) is 8.82. The van der Waals surface area contributed by atoms with Crippen molar-refractivity contribution in [1.82, 2.24) is 20.8 Å². The monoisotopic (exact) mass is 416 g/mol. The Balaban J connectivity index is 2.21. The van der Waals surface area contributed by atoms with Gasteiger partial charge in [0, 0.05) is 7.05 Å². The SMILES string of the molecule is CC(C)C[C@@H](C(=O)NN1C(=O)CN(C)C1=O)[C@H](C/C=C/c1ccccc1)C(=O)NO. The van der Waals surface area contributed by atoms with Gasteiger partial charge in [0.2, 0.25) is 11.8 Å². The summed E-state index contributed by atoms with van der Waals surface area (Å²) in [5.74, 6) is -3.56. The normalized spacial score (nSPS) is 16.3. The van der Waals surface area contributed by atoms with E-state index in [2.05, 4.69) is 5.43 Å². The van der Waals surface area contributed by atoms with Crippen molar-refractivity contribution >= 4 is 29.8 Å². The molecule has 0 spiro atoms. The lowest BCUT2D eigenvalue weighted by Crippen LogP contribution is -2.51. The molecular formula is C21H28N4O5. The number of nitrogens with one attached hydrogen (secondary N) is 2. The van der Waals surface area contributed by atoms with Crippen LogP contribution in [-0.2, 0) is 14.4 Å². The van der Waals surface area contributed by atoms with Gasteiger partial charge >= 0.3 is 6.03 Å². The molecule has 1 heterocycles. The predicted octanol–water partition coefficient (Wildman–Crippen LogP) is 1.80. The molecule has 0 radical (unpaired) electrons. The molecule has 162 valence electrons. The molecule has 2 atom stereocenters. The van der Waals surface area contributed by atoms with Gasteiger partial charge in [0.05, 0.1) is 11.8 Å². The number of hydrazine groups is 1. The molecule has 9 nitrogen and oxygen atoms in total. The van der Waals surface area contributed by atoms with Crippen LogP contribution in [0.25, 0.3) is 6.08 Å². The number of nitrogens with zero attached hydrogens (tertiary/aromatic N) is 2. The molecule has 0 saturated carbocycles. The smallest absolute Gasteiger partial charge is 0.316 e. The lowest BCUT2D eigenvalue weighted by Gasteiger charge is -2.27. The first-order chi connectivity index (χ1) is 14.2. The second-order valence-electron chi connectivity index (χ2n) is 7.71. The van der Waals surface area contributed by atoms with E-state index in [0.717, 1.165) is 5.56 Å². The van der Waals surface area contributed by atoms with E-state index in [-0.39, 0.29) is 18.9 Å². The van der Waals surface area contributed by atoms with E-state index in [1.807, 2.05) is 50.3 Å². The van der Waals surface area contributed by atoms with Gasteiger partial charge in [0.1, 0.15) is 6.54 Å². The van der Waals surface area contributed by atoms with Crippen LogP contribution in [0.2, 0.25) is 0 Å². The molecule has 1 fully saturated rings. The van der Waals surface area contributed by atoms with Crippen LogP contribution in [0.3, 0.4) is 0 Å². The summed E-state index contributed by atoms with van der Waals surface area (Å²) >= 11 is 0. The summed E-state index contributed by atoms with van der Waals surface area (Å²) in [6.07, 6.45) is 4.10. The number of allylic oxidation sites excluding steroid dienone is 1. The summed E-state index contributed by atoms with van der Waals surface area (Å²) in [5, 5.41) is 9.88. The summed E-state index contributed by atoms with van der Waals surface area (Å²) in [5.41, 5.74) is 4.91. The molecule has 0 aliphatic carbocycles. The van der Waals surface area contributed by atoms with E-state index in [9.17, 15) is 24.4 Å². The number of imide groups is 1. The van der Waals surface area contributed by atoms with Crippen molar-refractivity contribution in [3.63, 3.8) is 0 Å². The highest BCUT2D eigenvalue weighted by Crippen LogP contribution is 2.26. The zero-order valence-corrected chi connectivity index (χ0v) is 17.4. The number of carbonyl (C=O) groups excluding carboxylic acids is 4. The Kier molecular flexibility index (Phi) is 8.11. The van der Waals surface area contributed by atoms with Crippen LogP contribution in [0.1, 0.15) is 32.3 Å². The number of amides is 5. The van der Waals surface area contributed by atoms with Gasteiger partial charge in [-0.3, -0.25) is 25.0 Å². The van der Waals surface area contributed by atoms with Crippen molar-refractivity contribution in [2.45, 2.75) is 26.7 Å². The molecule has 1 aromatic rings. The highest BCUT2D eigenvalue weighted by atomic mass is 16.5. The Labute approximate surface area is 175 Å². The van der Waals surface area contributed by atoms with E-state index in [4.69, 9.17) is 0 Å². The topological polar surface area (TPSA) is 119 Å². The molecule has 5 amide bonds. The van der Waals surface area contributed by atoms with Crippen LogP contribution < -0.4 is 10.9 Å². The Bertz CT molecular complexity index is 809. The average Bonchev–Trinajstić information content (AvgIpc) is 2.95. The van der Waals surface area contributed by atoms with Crippen LogP contribution in [-0.4, -0.2) is 52.5 Å². The summed E-state index contributed by atoms with van der Waals surface area (Å²) in [6.45, 7) is 3.66. The Morgan fingerprint density at radius 1 is 1.13 bits per heavy atom. The third-order valence-electron chi connectivity index (χ3n) is 4.86. The van der Waals surface area contributed by atoms with E-state index in [1.165, 1.54) is 11.9 Å². The number of hydrogen-bond donors (Lipinski definition) is 3. The number of benzene rings is 1. The van der Waals surface area contributed by atoms with Gasteiger partial charge in [-0.15, -0.1) is 0 Å². The van der Waals surface area contributed by atoms with Crippen LogP contribution in [0, 0.1) is 17.8 Å². The number of rotatable bonds is 9. The van der Waals surface area contributed by atoms with Gasteiger partial charge in [0.15, 0.2) is 0 Å². The molecule has 1 saturated heterocycles. The van der Waals surface area contributed by atoms with E-state index >= 15 is 0 Å². The molecule has 1 aliphatic rings. The highest BCUT2D eigenvalue weighted by molar-refractivity contribution is 6.03. The fourth-order valence-corrected chi connectivity index (χ4v) is 3.34. The minimum atomic E-state index is -0.886. The number of hydrogen-bond acceptors (Lipinski definition) is 5. The molecule has 0 unspecified atom stereocenters. The predicted molar refractivity (Wildman–Crippen MR) is 109 cm³/mol. The number of urea groups is 1. The molecule has 1 aliphatic heterocycles. The Hall–Kier alpha value is -3.20.